The van der Waals surface area contributed by atoms with Gasteiger partial charge in [-0.15, -0.1) is 0 Å². The second-order valence-electron chi connectivity index (χ2n) is 7.50. The molecule has 30 heavy (non-hydrogen) atoms. The number of phenolic OH excluding ortho intramolecular Hbond substituents is 1. The number of H-pyrrole nitrogens is 1. The van der Waals surface area contributed by atoms with Gasteiger partial charge in [-0.25, -0.2) is 0 Å². The molecule has 0 saturated carbocycles. The molecule has 2 aromatic carbocycles. The molecular formula is C24H24N4O2. The van der Waals surface area contributed by atoms with Gasteiger partial charge in [0.25, 0.3) is 0 Å². The Morgan fingerprint density at radius 2 is 2.03 bits per heavy atom. The van der Waals surface area contributed by atoms with E-state index < -0.39 is 0 Å². The van der Waals surface area contributed by atoms with Crippen LogP contribution in [-0.4, -0.2) is 22.4 Å². The summed E-state index contributed by atoms with van der Waals surface area (Å²) in [5.41, 5.74) is 8.75. The van der Waals surface area contributed by atoms with E-state index in [9.17, 15) is 5.11 Å². The summed E-state index contributed by atoms with van der Waals surface area (Å²) in [6.45, 7) is 4.52. The van der Waals surface area contributed by atoms with Crippen molar-refractivity contribution >= 4 is 17.1 Å². The summed E-state index contributed by atoms with van der Waals surface area (Å²) in [5.74, 6) is 1.50. The van der Waals surface area contributed by atoms with Crippen LogP contribution in [0.5, 0.6) is 11.5 Å². The lowest BCUT2D eigenvalue weighted by Crippen LogP contribution is -2.27. The zero-order valence-electron chi connectivity index (χ0n) is 17.1. The van der Waals surface area contributed by atoms with Gasteiger partial charge in [-0.3, -0.25) is 10.4 Å². The Morgan fingerprint density at radius 3 is 2.87 bits per heavy atom. The molecule has 3 heterocycles. The normalized spacial score (nSPS) is 16.9. The monoisotopic (exact) mass is 400 g/mol. The summed E-state index contributed by atoms with van der Waals surface area (Å²) in [7, 11) is 0. The number of nitrogens with one attached hydrogen (secondary N) is 2. The van der Waals surface area contributed by atoms with Crippen LogP contribution in [0.3, 0.4) is 0 Å². The summed E-state index contributed by atoms with van der Waals surface area (Å²) in [4.78, 5) is 8.52. The number of phenols is 1. The predicted molar refractivity (Wildman–Crippen MR) is 118 cm³/mol. The highest BCUT2D eigenvalue weighted by molar-refractivity contribution is 5.98. The van der Waals surface area contributed by atoms with E-state index in [1.807, 2.05) is 31.3 Å². The van der Waals surface area contributed by atoms with E-state index in [4.69, 9.17) is 9.73 Å². The first-order chi connectivity index (χ1) is 14.7. The number of anilines is 1. The lowest BCUT2D eigenvalue weighted by atomic mass is 9.91. The number of nitrogens with zero attached hydrogens (tertiary/aromatic N) is 2. The van der Waals surface area contributed by atoms with Crippen molar-refractivity contribution in [3.05, 3.63) is 75.9 Å². The zero-order chi connectivity index (χ0) is 20.7. The minimum Gasteiger partial charge on any atom is -0.504 e. The maximum atomic E-state index is 10.2. The van der Waals surface area contributed by atoms with Crippen molar-refractivity contribution in [1.29, 1.82) is 0 Å². The van der Waals surface area contributed by atoms with Gasteiger partial charge in [-0.05, 0) is 42.7 Å². The molecule has 0 amide bonds. The maximum Gasteiger partial charge on any atom is 0.161 e. The van der Waals surface area contributed by atoms with Crippen molar-refractivity contribution in [3.8, 4) is 11.5 Å². The molecule has 0 fully saturated rings. The second-order valence-corrected chi connectivity index (χ2v) is 7.50. The fraction of sp³-hybridized carbons (Fsp3) is 0.250. The van der Waals surface area contributed by atoms with Crippen LogP contribution in [0.15, 0.2) is 58.8 Å². The summed E-state index contributed by atoms with van der Waals surface area (Å²) >= 11 is 0. The molecule has 6 heteroatoms. The fourth-order valence-corrected chi connectivity index (χ4v) is 4.24. The Morgan fingerprint density at radius 1 is 1.17 bits per heavy atom. The molecular weight excluding hydrogens is 376 g/mol. The minimum atomic E-state index is -0.228. The lowest BCUT2D eigenvalue weighted by molar-refractivity contribution is 0.317. The average Bonchev–Trinajstić information content (AvgIpc) is 3.02. The van der Waals surface area contributed by atoms with Gasteiger partial charge in [0.1, 0.15) is 11.9 Å². The molecule has 3 N–H and O–H groups in total. The maximum absolute atomic E-state index is 10.2. The number of aromatic nitrogens is 1. The smallest absolute Gasteiger partial charge is 0.161 e. The Hall–Kier alpha value is -3.54. The molecule has 0 aliphatic carbocycles. The molecule has 0 saturated heterocycles. The molecule has 0 bridgehead atoms. The molecule has 152 valence electrons. The van der Waals surface area contributed by atoms with Crippen LogP contribution in [-0.2, 0) is 0 Å². The van der Waals surface area contributed by atoms with Crippen molar-refractivity contribution < 1.29 is 9.84 Å². The third kappa shape index (κ3) is 2.96. The zero-order valence-corrected chi connectivity index (χ0v) is 17.1. The first-order valence-electron chi connectivity index (χ1n) is 10.3. The van der Waals surface area contributed by atoms with Crippen LogP contribution in [0.1, 0.15) is 49.4 Å². The highest BCUT2D eigenvalue weighted by Crippen LogP contribution is 2.40. The van der Waals surface area contributed by atoms with E-state index in [1.54, 1.807) is 6.07 Å². The van der Waals surface area contributed by atoms with Crippen LogP contribution in [0.4, 0.5) is 5.82 Å². The Balaban J connectivity index is 1.78. The number of rotatable bonds is 4. The van der Waals surface area contributed by atoms with E-state index >= 15 is 0 Å². The van der Waals surface area contributed by atoms with Gasteiger partial charge in [-0.1, -0.05) is 31.2 Å². The van der Waals surface area contributed by atoms with Gasteiger partial charge in [0.2, 0.25) is 0 Å². The highest BCUT2D eigenvalue weighted by Gasteiger charge is 2.28. The van der Waals surface area contributed by atoms with Crippen LogP contribution >= 0.6 is 0 Å². The van der Waals surface area contributed by atoms with Gasteiger partial charge >= 0.3 is 0 Å². The third-order valence-corrected chi connectivity index (χ3v) is 5.72. The summed E-state index contributed by atoms with van der Waals surface area (Å²) in [5, 5.41) is 16.9. The number of hydrogen-bond donors (Lipinski definition) is 3. The van der Waals surface area contributed by atoms with Gasteiger partial charge in [0.05, 0.1) is 12.0 Å². The molecule has 5 rings (SSSR count). The average molecular weight is 400 g/mol. The largest absolute Gasteiger partial charge is 0.504 e. The molecule has 1 unspecified atom stereocenters. The number of hydrogen-bond acceptors (Lipinski definition) is 5. The van der Waals surface area contributed by atoms with Crippen LogP contribution < -0.4 is 20.7 Å². The lowest BCUT2D eigenvalue weighted by Gasteiger charge is -2.16. The van der Waals surface area contributed by atoms with Crippen molar-refractivity contribution in [2.75, 3.05) is 12.0 Å². The number of aromatic hydroxyl groups is 1. The fourth-order valence-electron chi connectivity index (χ4n) is 4.24. The topological polar surface area (TPSA) is 82.0 Å². The number of para-hydroxylation sites is 1. The molecule has 1 atom stereocenters. The molecule has 0 radical (unpaired) electrons. The Labute approximate surface area is 174 Å². The molecule has 2 aliphatic rings. The van der Waals surface area contributed by atoms with Crippen LogP contribution in [0, 0.1) is 0 Å². The minimum absolute atomic E-state index is 0.137. The number of ether oxygens (including phenoxy) is 1. The van der Waals surface area contributed by atoms with Crippen molar-refractivity contribution in [2.45, 2.75) is 32.7 Å². The van der Waals surface area contributed by atoms with Crippen molar-refractivity contribution in [3.63, 3.8) is 0 Å². The van der Waals surface area contributed by atoms with Gasteiger partial charge in [0.15, 0.2) is 11.5 Å². The second kappa shape index (κ2) is 7.37. The predicted octanol–water partition coefficient (Wildman–Crippen LogP) is 3.62. The number of fused-ring (bicyclic) bond motifs is 1. The number of aromatic amines is 1. The highest BCUT2D eigenvalue weighted by atomic mass is 16.5. The van der Waals surface area contributed by atoms with Gasteiger partial charge < -0.3 is 14.8 Å². The number of hydrazone groups is 1. The molecule has 1 aromatic heterocycles. The van der Waals surface area contributed by atoms with Gasteiger partial charge in [-0.2, -0.15) is 5.10 Å². The Bertz CT molecular complexity index is 1270. The van der Waals surface area contributed by atoms with Gasteiger partial charge in [0, 0.05) is 34.7 Å². The first kappa shape index (κ1) is 18.5. The van der Waals surface area contributed by atoms with Crippen molar-refractivity contribution in [2.24, 2.45) is 10.1 Å². The third-order valence-electron chi connectivity index (χ3n) is 5.72. The van der Waals surface area contributed by atoms with E-state index in [1.165, 1.54) is 5.57 Å². The summed E-state index contributed by atoms with van der Waals surface area (Å²) in [6, 6.07) is 13.5. The first-order valence-corrected chi connectivity index (χ1v) is 10.3. The van der Waals surface area contributed by atoms with E-state index in [-0.39, 0.29) is 11.8 Å². The van der Waals surface area contributed by atoms with E-state index in [2.05, 4.69) is 40.6 Å². The molecule has 2 aliphatic heterocycles. The SMILES string of the molecule is CCOc1cc(C2N=c3ccccc3=C3CC(CC)=NNc4[nH]cc2c43)ccc1O. The quantitative estimate of drug-likeness (QED) is 0.626. The molecule has 6 nitrogen and oxygen atoms in total. The van der Waals surface area contributed by atoms with Crippen LogP contribution in [0.25, 0.3) is 5.57 Å². The summed E-state index contributed by atoms with van der Waals surface area (Å²) in [6.07, 6.45) is 3.67. The Kier molecular flexibility index (Phi) is 4.54. The van der Waals surface area contributed by atoms with Crippen LogP contribution in [0.2, 0.25) is 0 Å². The number of benzene rings is 2. The van der Waals surface area contributed by atoms with E-state index in [0.717, 1.165) is 51.6 Å². The molecule has 3 aromatic rings. The van der Waals surface area contributed by atoms with Crippen molar-refractivity contribution in [1.82, 2.24) is 4.98 Å². The molecule has 0 spiro atoms. The van der Waals surface area contributed by atoms with E-state index in [0.29, 0.717) is 12.4 Å². The summed E-state index contributed by atoms with van der Waals surface area (Å²) < 4.78 is 5.63. The standard InChI is InChI=1S/C24H24N4O2/c1-3-15-12-17-16-7-5-6-8-19(16)26-23(18-13-25-24(22(17)18)28-27-15)14-9-10-20(29)21(11-14)30-4-2/h5-11,13,23,25,28-29H,3-4,12H2,1-2H3.